The summed E-state index contributed by atoms with van der Waals surface area (Å²) in [6, 6.07) is 11.2. The van der Waals surface area contributed by atoms with Gasteiger partial charge in [-0.05, 0) is 60.9 Å². The number of nitrogens with zero attached hydrogens (tertiary/aromatic N) is 2. The van der Waals surface area contributed by atoms with E-state index in [2.05, 4.69) is 15.5 Å². The second-order valence-electron chi connectivity index (χ2n) is 8.64. The van der Waals surface area contributed by atoms with Crippen molar-refractivity contribution in [3.63, 3.8) is 0 Å². The molecule has 0 saturated carbocycles. The van der Waals surface area contributed by atoms with Crippen molar-refractivity contribution in [2.24, 2.45) is 5.92 Å². The van der Waals surface area contributed by atoms with Gasteiger partial charge < -0.3 is 19.6 Å². The van der Waals surface area contributed by atoms with Gasteiger partial charge in [-0.15, -0.1) is 5.10 Å². The quantitative estimate of drug-likeness (QED) is 0.261. The van der Waals surface area contributed by atoms with E-state index in [1.165, 1.54) is 12.1 Å². The number of rotatable bonds is 13. The van der Waals surface area contributed by atoms with Crippen molar-refractivity contribution in [3.8, 4) is 17.5 Å². The highest BCUT2D eigenvalue weighted by Gasteiger charge is 2.30. The van der Waals surface area contributed by atoms with Crippen molar-refractivity contribution in [1.29, 1.82) is 0 Å². The second kappa shape index (κ2) is 12.4. The Morgan fingerprint density at radius 1 is 1.05 bits per heavy atom. The van der Waals surface area contributed by atoms with Gasteiger partial charge in [-0.1, -0.05) is 25.4 Å². The summed E-state index contributed by atoms with van der Waals surface area (Å²) >= 11 is 0. The molecule has 2 atom stereocenters. The van der Waals surface area contributed by atoms with E-state index in [1.54, 1.807) is 24.3 Å². The molecule has 0 aliphatic rings. The van der Waals surface area contributed by atoms with Gasteiger partial charge in [0.05, 0.1) is 11.6 Å². The van der Waals surface area contributed by atoms with Gasteiger partial charge in [0.1, 0.15) is 6.61 Å². The molecule has 3 aromatic rings. The number of ketones is 1. The van der Waals surface area contributed by atoms with E-state index in [0.717, 1.165) is 24.2 Å². The average Bonchev–Trinajstić information content (AvgIpc) is 3.35. The molecule has 2 aromatic carbocycles. The molecule has 1 heterocycles. The van der Waals surface area contributed by atoms with E-state index in [4.69, 9.17) is 14.3 Å². The SMILES string of the molecule is CC[C@H](C)[C@@H](COc1nnc(-c2ccc(C(F)(F)F)cc2)o1)Nc1ccc(C(=O)CCCC(=O)O)cc1. The molecule has 11 heteroatoms. The molecule has 0 aliphatic carbocycles. The molecule has 0 amide bonds. The predicted octanol–water partition coefficient (Wildman–Crippen LogP) is 6.10. The lowest BCUT2D eigenvalue weighted by molar-refractivity contribution is -0.138. The smallest absolute Gasteiger partial charge is 0.416 e. The normalized spacial score (nSPS) is 13.1. The molecular weight excluding hydrogens is 491 g/mol. The number of benzene rings is 2. The Hall–Kier alpha value is -3.89. The largest absolute Gasteiger partial charge is 0.481 e. The summed E-state index contributed by atoms with van der Waals surface area (Å²) in [5.74, 6) is -0.813. The number of alkyl halides is 3. The van der Waals surface area contributed by atoms with Crippen molar-refractivity contribution in [3.05, 3.63) is 59.7 Å². The third-order valence-corrected chi connectivity index (χ3v) is 5.94. The lowest BCUT2D eigenvalue weighted by Gasteiger charge is -2.24. The molecule has 0 unspecified atom stereocenters. The number of carboxylic acid groups (broad SMARTS) is 1. The highest BCUT2D eigenvalue weighted by molar-refractivity contribution is 5.96. The predicted molar refractivity (Wildman–Crippen MR) is 129 cm³/mol. The van der Waals surface area contributed by atoms with Crippen molar-refractivity contribution in [2.45, 2.75) is 51.7 Å². The average molecular weight is 520 g/mol. The second-order valence-corrected chi connectivity index (χ2v) is 8.64. The first-order valence-corrected chi connectivity index (χ1v) is 11.8. The Morgan fingerprint density at radius 2 is 1.73 bits per heavy atom. The topological polar surface area (TPSA) is 115 Å². The Morgan fingerprint density at radius 3 is 2.32 bits per heavy atom. The molecule has 2 N–H and O–H groups in total. The number of carbonyl (C=O) groups excluding carboxylic acids is 1. The Bertz CT molecular complexity index is 1180. The molecule has 198 valence electrons. The summed E-state index contributed by atoms with van der Waals surface area (Å²) in [6.07, 6.45) is -3.28. The van der Waals surface area contributed by atoms with Crippen LogP contribution in [0.15, 0.2) is 52.9 Å². The number of carbonyl (C=O) groups is 2. The maximum atomic E-state index is 12.8. The number of ether oxygens (including phenoxy) is 1. The fourth-order valence-electron chi connectivity index (χ4n) is 3.49. The third kappa shape index (κ3) is 8.06. The first-order chi connectivity index (χ1) is 17.6. The standard InChI is InChI=1S/C26H28F3N3O5/c1-3-16(2)21(30-20-13-9-17(10-14-20)22(33)5-4-6-23(34)35)15-36-25-32-31-24(37-25)18-7-11-19(12-8-18)26(27,28)29/h7-14,16,21,30H,3-6,15H2,1-2H3,(H,34,35)/t16-,21+/m0/s1. The Balaban J connectivity index is 1.59. The molecule has 0 bridgehead atoms. The van der Waals surface area contributed by atoms with E-state index >= 15 is 0 Å². The van der Waals surface area contributed by atoms with Crippen LogP contribution >= 0.6 is 0 Å². The number of Topliss-reactive ketones (excluding diaryl/α,β-unsaturated/α-hetero) is 1. The minimum Gasteiger partial charge on any atom is -0.481 e. The van der Waals surface area contributed by atoms with Crippen LogP contribution in [0.2, 0.25) is 0 Å². The summed E-state index contributed by atoms with van der Waals surface area (Å²) < 4.78 is 49.5. The van der Waals surface area contributed by atoms with Gasteiger partial charge in [-0.25, -0.2) is 0 Å². The lowest BCUT2D eigenvalue weighted by Crippen LogP contribution is -2.33. The van der Waals surface area contributed by atoms with Crippen LogP contribution in [0.1, 0.15) is 55.5 Å². The third-order valence-electron chi connectivity index (χ3n) is 5.94. The Kier molecular flexibility index (Phi) is 9.26. The highest BCUT2D eigenvalue weighted by Crippen LogP contribution is 2.31. The summed E-state index contributed by atoms with van der Waals surface area (Å²) in [6.45, 7) is 4.26. The van der Waals surface area contributed by atoms with Crippen molar-refractivity contribution in [2.75, 3.05) is 11.9 Å². The zero-order valence-corrected chi connectivity index (χ0v) is 20.4. The molecule has 0 saturated heterocycles. The number of aromatic nitrogens is 2. The maximum absolute atomic E-state index is 12.8. The van der Waals surface area contributed by atoms with Gasteiger partial charge in [0, 0.05) is 29.7 Å². The Labute approximate surface area is 211 Å². The summed E-state index contributed by atoms with van der Waals surface area (Å²) in [7, 11) is 0. The molecule has 0 fully saturated rings. The molecule has 0 radical (unpaired) electrons. The number of halogens is 3. The van der Waals surface area contributed by atoms with Crippen LogP contribution in [-0.2, 0) is 11.0 Å². The van der Waals surface area contributed by atoms with Crippen molar-refractivity contribution >= 4 is 17.4 Å². The van der Waals surface area contributed by atoms with Gasteiger partial charge in [-0.2, -0.15) is 13.2 Å². The number of hydrogen-bond acceptors (Lipinski definition) is 7. The minimum absolute atomic E-state index is 0.0420. The molecule has 1 aromatic heterocycles. The summed E-state index contributed by atoms with van der Waals surface area (Å²) in [5, 5.41) is 19.8. The van der Waals surface area contributed by atoms with Crippen LogP contribution in [0.25, 0.3) is 11.5 Å². The molecular formula is C26H28F3N3O5. The van der Waals surface area contributed by atoms with Crippen molar-refractivity contribution in [1.82, 2.24) is 10.2 Å². The molecule has 37 heavy (non-hydrogen) atoms. The fraction of sp³-hybridized carbons (Fsp3) is 0.385. The summed E-state index contributed by atoms with van der Waals surface area (Å²) in [5.41, 5.74) is 0.843. The summed E-state index contributed by atoms with van der Waals surface area (Å²) in [4.78, 5) is 22.9. The lowest BCUT2D eigenvalue weighted by atomic mass is 9.99. The van der Waals surface area contributed by atoms with E-state index in [1.807, 2.05) is 13.8 Å². The van der Waals surface area contributed by atoms with Crippen LogP contribution < -0.4 is 10.1 Å². The zero-order valence-electron chi connectivity index (χ0n) is 20.4. The number of carboxylic acids is 1. The number of nitrogens with one attached hydrogen (secondary N) is 1. The number of hydrogen-bond donors (Lipinski definition) is 2. The molecule has 0 aliphatic heterocycles. The molecule has 0 spiro atoms. The van der Waals surface area contributed by atoms with E-state index in [9.17, 15) is 22.8 Å². The first kappa shape index (κ1) is 27.7. The van der Waals surface area contributed by atoms with Gasteiger partial charge in [0.25, 0.3) is 5.89 Å². The number of anilines is 1. The van der Waals surface area contributed by atoms with Crippen LogP contribution in [-0.4, -0.2) is 39.7 Å². The molecule has 3 rings (SSSR count). The van der Waals surface area contributed by atoms with Gasteiger partial charge in [0.15, 0.2) is 5.78 Å². The van der Waals surface area contributed by atoms with Gasteiger partial charge >= 0.3 is 18.2 Å². The van der Waals surface area contributed by atoms with Gasteiger partial charge in [0.2, 0.25) is 0 Å². The van der Waals surface area contributed by atoms with E-state index in [-0.39, 0.29) is 55.6 Å². The van der Waals surface area contributed by atoms with Crippen molar-refractivity contribution < 1.29 is 37.0 Å². The highest BCUT2D eigenvalue weighted by atomic mass is 19.4. The van der Waals surface area contributed by atoms with Crippen LogP contribution in [0.5, 0.6) is 6.08 Å². The number of aliphatic carboxylic acids is 1. The van der Waals surface area contributed by atoms with E-state index in [0.29, 0.717) is 11.1 Å². The monoisotopic (exact) mass is 519 g/mol. The van der Waals surface area contributed by atoms with Crippen LogP contribution in [0.4, 0.5) is 18.9 Å². The van der Waals surface area contributed by atoms with E-state index < -0.39 is 17.7 Å². The molecule has 8 nitrogen and oxygen atoms in total. The minimum atomic E-state index is -4.43. The first-order valence-electron chi connectivity index (χ1n) is 11.8. The van der Waals surface area contributed by atoms with Crippen LogP contribution in [0.3, 0.4) is 0 Å². The van der Waals surface area contributed by atoms with Crippen LogP contribution in [0, 0.1) is 5.92 Å². The fourth-order valence-corrected chi connectivity index (χ4v) is 3.49. The van der Waals surface area contributed by atoms with Gasteiger partial charge in [-0.3, -0.25) is 9.59 Å². The maximum Gasteiger partial charge on any atom is 0.416 e. The zero-order chi connectivity index (χ0) is 27.0.